The Morgan fingerprint density at radius 1 is 1.04 bits per heavy atom. The van der Waals surface area contributed by atoms with Crippen LogP contribution in [0.25, 0.3) is 0 Å². The molecule has 0 bridgehead atoms. The van der Waals surface area contributed by atoms with Crippen molar-refractivity contribution < 1.29 is 4.79 Å². The average molecular weight is 310 g/mol. The summed E-state index contributed by atoms with van der Waals surface area (Å²) in [7, 11) is 1.96. The number of hydrogen-bond acceptors (Lipinski definition) is 2. The summed E-state index contributed by atoms with van der Waals surface area (Å²) >= 11 is 0. The number of primary amides is 1. The summed E-state index contributed by atoms with van der Waals surface area (Å²) in [5.74, 6) is -0.286. The van der Waals surface area contributed by atoms with E-state index in [2.05, 4.69) is 60.4 Å². The Labute approximate surface area is 139 Å². The van der Waals surface area contributed by atoms with Crippen molar-refractivity contribution in [1.82, 2.24) is 4.90 Å². The number of likely N-dealkylation sites (N-methyl/N-ethyl adjacent to an activating group) is 1. The molecule has 0 aliphatic heterocycles. The lowest BCUT2D eigenvalue weighted by atomic mass is 9.98. The summed E-state index contributed by atoms with van der Waals surface area (Å²) in [4.78, 5) is 13.5. The Bertz CT molecular complexity index is 622. The second-order valence-electron chi connectivity index (χ2n) is 6.07. The van der Waals surface area contributed by atoms with Gasteiger partial charge in [-0.25, -0.2) is 0 Å². The van der Waals surface area contributed by atoms with Crippen LogP contribution in [0.2, 0.25) is 0 Å². The molecule has 2 aromatic rings. The van der Waals surface area contributed by atoms with Gasteiger partial charge < -0.3 is 5.73 Å². The topological polar surface area (TPSA) is 46.3 Å². The number of amides is 1. The summed E-state index contributed by atoms with van der Waals surface area (Å²) < 4.78 is 0. The maximum atomic E-state index is 11.4. The standard InChI is InChI=1S/C20H26N2O/c1-4-19(22(3)15(2)20(21)23)18-12-10-17(11-13-18)14-16-8-6-5-7-9-16/h5-13,15,19H,4,14H2,1-3H3,(H2,21,23)/t15-,19?/m0/s1. The first-order chi connectivity index (χ1) is 11.0. The Kier molecular flexibility index (Phi) is 5.94. The Hall–Kier alpha value is -2.13. The van der Waals surface area contributed by atoms with E-state index in [1.165, 1.54) is 16.7 Å². The van der Waals surface area contributed by atoms with E-state index in [0.717, 1.165) is 12.8 Å². The van der Waals surface area contributed by atoms with Gasteiger partial charge in [0, 0.05) is 6.04 Å². The zero-order valence-electron chi connectivity index (χ0n) is 14.2. The third-order valence-corrected chi connectivity index (χ3v) is 4.52. The van der Waals surface area contributed by atoms with Gasteiger partial charge in [-0.1, -0.05) is 61.5 Å². The molecular formula is C20H26N2O. The van der Waals surface area contributed by atoms with E-state index in [1.54, 1.807) is 0 Å². The monoisotopic (exact) mass is 310 g/mol. The maximum Gasteiger partial charge on any atom is 0.234 e. The number of nitrogens with zero attached hydrogens (tertiary/aromatic N) is 1. The lowest BCUT2D eigenvalue weighted by molar-refractivity contribution is -0.123. The predicted molar refractivity (Wildman–Crippen MR) is 95.1 cm³/mol. The second-order valence-corrected chi connectivity index (χ2v) is 6.07. The van der Waals surface area contributed by atoms with Crippen molar-refractivity contribution in [2.45, 2.75) is 38.8 Å². The van der Waals surface area contributed by atoms with Gasteiger partial charge in [0.1, 0.15) is 0 Å². The second kappa shape index (κ2) is 7.93. The van der Waals surface area contributed by atoms with E-state index >= 15 is 0 Å². The maximum absolute atomic E-state index is 11.4. The van der Waals surface area contributed by atoms with Crippen molar-refractivity contribution >= 4 is 5.91 Å². The molecule has 3 nitrogen and oxygen atoms in total. The number of hydrogen-bond donors (Lipinski definition) is 1. The number of benzene rings is 2. The Morgan fingerprint density at radius 2 is 1.61 bits per heavy atom. The molecule has 122 valence electrons. The van der Waals surface area contributed by atoms with Gasteiger partial charge in [-0.2, -0.15) is 0 Å². The van der Waals surface area contributed by atoms with Crippen LogP contribution in [0.1, 0.15) is 43.0 Å². The molecule has 0 fully saturated rings. The van der Waals surface area contributed by atoms with Crippen LogP contribution in [0, 0.1) is 0 Å². The predicted octanol–water partition coefficient (Wildman–Crippen LogP) is 3.53. The SMILES string of the molecule is CCC(c1ccc(Cc2ccccc2)cc1)N(C)[C@@H](C)C(N)=O. The van der Waals surface area contributed by atoms with Gasteiger partial charge in [0.15, 0.2) is 0 Å². The van der Waals surface area contributed by atoms with Crippen molar-refractivity contribution in [3.63, 3.8) is 0 Å². The van der Waals surface area contributed by atoms with Crippen LogP contribution in [0.15, 0.2) is 54.6 Å². The fourth-order valence-corrected chi connectivity index (χ4v) is 2.92. The van der Waals surface area contributed by atoms with Gasteiger partial charge in [-0.3, -0.25) is 9.69 Å². The lowest BCUT2D eigenvalue weighted by Crippen LogP contribution is -2.42. The number of carbonyl (C=O) groups excluding carboxylic acids is 1. The highest BCUT2D eigenvalue weighted by molar-refractivity contribution is 5.79. The Balaban J connectivity index is 2.12. The third kappa shape index (κ3) is 4.42. The summed E-state index contributed by atoms with van der Waals surface area (Å²) in [5.41, 5.74) is 9.26. The molecule has 0 saturated heterocycles. The molecule has 0 aliphatic carbocycles. The number of carbonyl (C=O) groups is 1. The molecule has 0 spiro atoms. The Morgan fingerprint density at radius 3 is 2.13 bits per heavy atom. The van der Waals surface area contributed by atoms with E-state index < -0.39 is 0 Å². The van der Waals surface area contributed by atoms with Crippen LogP contribution in [0.3, 0.4) is 0 Å². The highest BCUT2D eigenvalue weighted by Gasteiger charge is 2.23. The van der Waals surface area contributed by atoms with Gasteiger partial charge in [0.25, 0.3) is 0 Å². The van der Waals surface area contributed by atoms with Crippen LogP contribution >= 0.6 is 0 Å². The van der Waals surface area contributed by atoms with E-state index in [9.17, 15) is 4.79 Å². The van der Waals surface area contributed by atoms with E-state index in [-0.39, 0.29) is 18.0 Å². The molecule has 1 unspecified atom stereocenters. The quantitative estimate of drug-likeness (QED) is 0.850. The summed E-state index contributed by atoms with van der Waals surface area (Å²) in [5, 5.41) is 0. The van der Waals surface area contributed by atoms with Gasteiger partial charge in [0.05, 0.1) is 6.04 Å². The van der Waals surface area contributed by atoms with Crippen LogP contribution in [0.5, 0.6) is 0 Å². The summed E-state index contributed by atoms with van der Waals surface area (Å²) in [6.07, 6.45) is 1.87. The molecule has 0 aromatic heterocycles. The molecule has 2 atom stereocenters. The molecular weight excluding hydrogens is 284 g/mol. The zero-order chi connectivity index (χ0) is 16.8. The number of nitrogens with two attached hydrogens (primary N) is 1. The fourth-order valence-electron chi connectivity index (χ4n) is 2.92. The molecule has 2 N–H and O–H groups in total. The van der Waals surface area contributed by atoms with Crippen LogP contribution in [-0.2, 0) is 11.2 Å². The average Bonchev–Trinajstić information content (AvgIpc) is 2.57. The normalized spacial score (nSPS) is 13.7. The molecule has 1 amide bonds. The molecule has 0 aliphatic rings. The third-order valence-electron chi connectivity index (χ3n) is 4.52. The van der Waals surface area contributed by atoms with Gasteiger partial charge in [-0.05, 0) is 43.5 Å². The molecule has 23 heavy (non-hydrogen) atoms. The number of rotatable bonds is 7. The largest absolute Gasteiger partial charge is 0.368 e. The molecule has 0 heterocycles. The van der Waals surface area contributed by atoms with Crippen molar-refractivity contribution in [1.29, 1.82) is 0 Å². The highest BCUT2D eigenvalue weighted by Crippen LogP contribution is 2.25. The smallest absolute Gasteiger partial charge is 0.234 e. The van der Waals surface area contributed by atoms with Crippen molar-refractivity contribution in [3.05, 3.63) is 71.3 Å². The first-order valence-corrected chi connectivity index (χ1v) is 8.17. The highest BCUT2D eigenvalue weighted by atomic mass is 16.1. The molecule has 2 rings (SSSR count). The first-order valence-electron chi connectivity index (χ1n) is 8.17. The van der Waals surface area contributed by atoms with E-state index in [1.807, 2.05) is 20.0 Å². The minimum atomic E-state index is -0.286. The van der Waals surface area contributed by atoms with E-state index in [4.69, 9.17) is 5.73 Å². The van der Waals surface area contributed by atoms with Gasteiger partial charge >= 0.3 is 0 Å². The summed E-state index contributed by atoms with van der Waals surface area (Å²) in [6.45, 7) is 3.99. The molecule has 3 heteroatoms. The molecule has 2 aromatic carbocycles. The minimum absolute atomic E-state index is 0.197. The van der Waals surface area contributed by atoms with Crippen LogP contribution < -0.4 is 5.73 Å². The van der Waals surface area contributed by atoms with Gasteiger partial charge in [0.2, 0.25) is 5.91 Å². The van der Waals surface area contributed by atoms with Crippen molar-refractivity contribution in [3.8, 4) is 0 Å². The molecule has 0 saturated carbocycles. The van der Waals surface area contributed by atoms with E-state index in [0.29, 0.717) is 0 Å². The molecule has 0 radical (unpaired) electrons. The fraction of sp³-hybridized carbons (Fsp3) is 0.350. The van der Waals surface area contributed by atoms with Gasteiger partial charge in [-0.15, -0.1) is 0 Å². The lowest BCUT2D eigenvalue weighted by Gasteiger charge is -2.31. The first kappa shape index (κ1) is 17.2. The zero-order valence-corrected chi connectivity index (χ0v) is 14.2. The minimum Gasteiger partial charge on any atom is -0.368 e. The van der Waals surface area contributed by atoms with Crippen molar-refractivity contribution in [2.24, 2.45) is 5.73 Å². The van der Waals surface area contributed by atoms with Crippen LogP contribution in [-0.4, -0.2) is 23.9 Å². The van der Waals surface area contributed by atoms with Crippen LogP contribution in [0.4, 0.5) is 0 Å². The summed E-state index contributed by atoms with van der Waals surface area (Å²) in [6, 6.07) is 19.1. The van der Waals surface area contributed by atoms with Crippen molar-refractivity contribution in [2.75, 3.05) is 7.05 Å².